The molecule has 0 saturated carbocycles. The van der Waals surface area contributed by atoms with Crippen LogP contribution in [0, 0.1) is 0 Å². The van der Waals surface area contributed by atoms with Crippen LogP contribution in [-0.2, 0) is 19.5 Å². The van der Waals surface area contributed by atoms with Gasteiger partial charge < -0.3 is 0 Å². The molecule has 0 aliphatic rings. The zero-order valence-electron chi connectivity index (χ0n) is 7.28. The maximum Gasteiger partial charge on any atom is 0 e. The molecule has 0 amide bonds. The van der Waals surface area contributed by atoms with Gasteiger partial charge in [-0.15, -0.1) is 0 Å². The van der Waals surface area contributed by atoms with Crippen LogP contribution < -0.4 is 0 Å². The van der Waals surface area contributed by atoms with Crippen molar-refractivity contribution in [3.8, 4) is 0 Å². The van der Waals surface area contributed by atoms with Gasteiger partial charge in [-0.1, -0.05) is 72.8 Å². The van der Waals surface area contributed by atoms with Crippen LogP contribution in [0.4, 0.5) is 0 Å². The van der Waals surface area contributed by atoms with Gasteiger partial charge in [-0.3, -0.25) is 0 Å². The van der Waals surface area contributed by atoms with Crippen LogP contribution in [0.25, 0.3) is 0 Å². The van der Waals surface area contributed by atoms with Gasteiger partial charge in [0.05, 0.1) is 0 Å². The molecule has 0 nitrogen and oxygen atoms in total. The van der Waals surface area contributed by atoms with Gasteiger partial charge >= 0.3 is 0 Å². The molecule has 0 fully saturated rings. The Balaban J connectivity index is 0.000000206. The third-order valence-corrected chi connectivity index (χ3v) is 1.33. The molecule has 0 radical (unpaired) electrons. The fourth-order valence-corrected chi connectivity index (χ4v) is 0.770. The first-order valence-electron chi connectivity index (χ1n) is 4.00. The van der Waals surface area contributed by atoms with Crippen LogP contribution in [0.2, 0.25) is 0 Å². The normalized spacial score (nSPS) is 7.38. The quantitative estimate of drug-likeness (QED) is 0.635. The van der Waals surface area contributed by atoms with Crippen molar-refractivity contribution in [2.75, 3.05) is 0 Å². The molecule has 68 valence electrons. The minimum atomic E-state index is 0. The average molecular weight is 257 g/mol. The molecule has 0 bridgehead atoms. The Kier molecular flexibility index (Phi) is 8.49. The van der Waals surface area contributed by atoms with E-state index in [1.54, 1.807) is 0 Å². The Morgan fingerprint density at radius 3 is 0.385 bits per heavy atom. The predicted octanol–water partition coefficient (Wildman–Crippen LogP) is 3.37. The first-order chi connectivity index (χ1) is 6.00. The molecule has 13 heavy (non-hydrogen) atoms. The smallest absolute Gasteiger partial charge is 0 e. The van der Waals surface area contributed by atoms with Crippen molar-refractivity contribution in [2.45, 2.75) is 0 Å². The van der Waals surface area contributed by atoms with Gasteiger partial charge in [0, 0.05) is 19.5 Å². The van der Waals surface area contributed by atoms with Gasteiger partial charge in [0.1, 0.15) is 0 Å². The van der Waals surface area contributed by atoms with Crippen LogP contribution in [0.1, 0.15) is 0 Å². The van der Waals surface area contributed by atoms with Crippen LogP contribution in [0.3, 0.4) is 0 Å². The van der Waals surface area contributed by atoms with Crippen LogP contribution in [0.15, 0.2) is 72.8 Å². The van der Waals surface area contributed by atoms with Gasteiger partial charge in [0.15, 0.2) is 0 Å². The molecule has 0 unspecified atom stereocenters. The van der Waals surface area contributed by atoms with E-state index in [-0.39, 0.29) is 19.5 Å². The Bertz CT molecular complexity index is 181. The minimum Gasteiger partial charge on any atom is -0.0623 e. The number of hydrogen-bond acceptors (Lipinski definition) is 0. The van der Waals surface area contributed by atoms with Crippen molar-refractivity contribution in [2.24, 2.45) is 0 Å². The molecule has 2 aromatic rings. The summed E-state index contributed by atoms with van der Waals surface area (Å²) in [6, 6.07) is 24.0. The van der Waals surface area contributed by atoms with E-state index in [1.165, 1.54) is 0 Å². The SMILES string of the molecule is [Ru].c1ccccc1.c1ccccc1. The average Bonchev–Trinajstić information content (AvgIpc) is 2.24. The third kappa shape index (κ3) is 7.42. The Morgan fingerprint density at radius 2 is 0.308 bits per heavy atom. The third-order valence-electron chi connectivity index (χ3n) is 1.33. The van der Waals surface area contributed by atoms with E-state index < -0.39 is 0 Å². The van der Waals surface area contributed by atoms with E-state index in [9.17, 15) is 0 Å². The van der Waals surface area contributed by atoms with Gasteiger partial charge in [0.2, 0.25) is 0 Å². The molecule has 0 aromatic heterocycles. The van der Waals surface area contributed by atoms with Crippen molar-refractivity contribution < 1.29 is 19.5 Å². The molecule has 0 aliphatic carbocycles. The van der Waals surface area contributed by atoms with Gasteiger partial charge in [-0.2, -0.15) is 0 Å². The molecular weight excluding hydrogens is 245 g/mol. The topological polar surface area (TPSA) is 0 Å². The van der Waals surface area contributed by atoms with Crippen molar-refractivity contribution in [1.29, 1.82) is 0 Å². The molecule has 0 atom stereocenters. The van der Waals surface area contributed by atoms with Gasteiger partial charge in [0.25, 0.3) is 0 Å². The maximum absolute atomic E-state index is 2.00. The first-order valence-corrected chi connectivity index (χ1v) is 4.00. The second kappa shape index (κ2) is 9.15. The van der Waals surface area contributed by atoms with Gasteiger partial charge in [-0.05, 0) is 0 Å². The summed E-state index contributed by atoms with van der Waals surface area (Å²) in [6.07, 6.45) is 0. The van der Waals surface area contributed by atoms with Crippen LogP contribution in [-0.4, -0.2) is 0 Å². The Hall–Kier alpha value is -0.937. The largest absolute Gasteiger partial charge is 0.0623 e. The monoisotopic (exact) mass is 258 g/mol. The number of benzene rings is 2. The summed E-state index contributed by atoms with van der Waals surface area (Å²) in [5.74, 6) is 0. The zero-order chi connectivity index (χ0) is 8.49. The standard InChI is InChI=1S/2C6H6.Ru/c2*1-2-4-6-5-3-1;/h2*1-6H;. The van der Waals surface area contributed by atoms with Crippen molar-refractivity contribution >= 4 is 0 Å². The summed E-state index contributed by atoms with van der Waals surface area (Å²) in [5, 5.41) is 0. The van der Waals surface area contributed by atoms with Crippen molar-refractivity contribution in [1.82, 2.24) is 0 Å². The molecule has 0 N–H and O–H groups in total. The summed E-state index contributed by atoms with van der Waals surface area (Å²) in [7, 11) is 0. The Labute approximate surface area is 92.4 Å². The molecule has 0 aliphatic heterocycles. The van der Waals surface area contributed by atoms with E-state index in [1.807, 2.05) is 72.8 Å². The van der Waals surface area contributed by atoms with E-state index in [4.69, 9.17) is 0 Å². The van der Waals surface area contributed by atoms with Gasteiger partial charge in [-0.25, -0.2) is 0 Å². The summed E-state index contributed by atoms with van der Waals surface area (Å²) in [6.45, 7) is 0. The molecule has 0 saturated heterocycles. The molecule has 2 rings (SSSR count). The predicted molar refractivity (Wildman–Crippen MR) is 52.9 cm³/mol. The molecule has 0 spiro atoms. The van der Waals surface area contributed by atoms with E-state index in [2.05, 4.69) is 0 Å². The maximum atomic E-state index is 2.00. The molecule has 2 aromatic carbocycles. The second-order valence-electron chi connectivity index (χ2n) is 2.31. The zero-order valence-corrected chi connectivity index (χ0v) is 9.02. The number of hydrogen-bond donors (Lipinski definition) is 0. The second-order valence-corrected chi connectivity index (χ2v) is 2.31. The van der Waals surface area contributed by atoms with E-state index in [0.717, 1.165) is 0 Å². The fourth-order valence-electron chi connectivity index (χ4n) is 0.770. The summed E-state index contributed by atoms with van der Waals surface area (Å²) in [5.41, 5.74) is 0. The van der Waals surface area contributed by atoms with Crippen LogP contribution >= 0.6 is 0 Å². The molecular formula is C12H12Ru. The van der Waals surface area contributed by atoms with Crippen molar-refractivity contribution in [3.05, 3.63) is 72.8 Å². The summed E-state index contributed by atoms with van der Waals surface area (Å²) >= 11 is 0. The minimum absolute atomic E-state index is 0. The Morgan fingerprint density at radius 1 is 0.231 bits per heavy atom. The van der Waals surface area contributed by atoms with Crippen LogP contribution in [0.5, 0.6) is 0 Å². The summed E-state index contributed by atoms with van der Waals surface area (Å²) in [4.78, 5) is 0. The van der Waals surface area contributed by atoms with E-state index in [0.29, 0.717) is 0 Å². The fraction of sp³-hybridized carbons (Fsp3) is 0. The molecule has 0 heterocycles. The van der Waals surface area contributed by atoms with E-state index >= 15 is 0 Å². The number of rotatable bonds is 0. The van der Waals surface area contributed by atoms with Crippen molar-refractivity contribution in [3.63, 3.8) is 0 Å². The molecule has 1 heteroatoms. The summed E-state index contributed by atoms with van der Waals surface area (Å²) < 4.78 is 0. The first kappa shape index (κ1) is 12.1.